The van der Waals surface area contributed by atoms with Crippen LogP contribution in [0.4, 0.5) is 0 Å². The Kier molecular flexibility index (Phi) is 3.83. The minimum atomic E-state index is 0.628. The van der Waals surface area contributed by atoms with Gasteiger partial charge in [-0.1, -0.05) is 5.16 Å². The maximum absolute atomic E-state index is 5.34. The van der Waals surface area contributed by atoms with Crippen molar-refractivity contribution in [1.29, 1.82) is 0 Å². The number of hydrogen-bond donors (Lipinski definition) is 1. The van der Waals surface area contributed by atoms with Gasteiger partial charge in [0.15, 0.2) is 5.82 Å². The third-order valence-corrected chi connectivity index (χ3v) is 3.48. The van der Waals surface area contributed by atoms with E-state index in [0.29, 0.717) is 12.3 Å². The summed E-state index contributed by atoms with van der Waals surface area (Å²) >= 11 is 0. The number of piperidine rings is 1. The lowest BCUT2D eigenvalue weighted by Crippen LogP contribution is -2.30. The Balaban J connectivity index is 1.59. The Bertz CT molecular complexity index is 505. The zero-order chi connectivity index (χ0) is 12.9. The summed E-state index contributed by atoms with van der Waals surface area (Å²) in [5, 5.41) is 7.45. The topological polar surface area (TPSA) is 63.8 Å². The number of nitrogens with one attached hydrogen (secondary N) is 1. The molecule has 2 aromatic rings. The minimum Gasteiger partial charge on any atom is -0.339 e. The molecule has 1 aliphatic heterocycles. The van der Waals surface area contributed by atoms with Gasteiger partial charge in [-0.15, -0.1) is 0 Å². The molecule has 0 aromatic carbocycles. The van der Waals surface area contributed by atoms with Crippen LogP contribution in [-0.2, 0) is 12.8 Å². The molecule has 1 atom stereocenters. The van der Waals surface area contributed by atoms with Crippen molar-refractivity contribution in [3.05, 3.63) is 41.8 Å². The summed E-state index contributed by atoms with van der Waals surface area (Å²) in [6.45, 7) is 2.19. The fourth-order valence-corrected chi connectivity index (χ4v) is 2.47. The molecule has 5 heteroatoms. The number of rotatable bonds is 4. The molecule has 1 unspecified atom stereocenters. The molecule has 0 spiro atoms. The number of hydrogen-bond acceptors (Lipinski definition) is 5. The van der Waals surface area contributed by atoms with Crippen LogP contribution < -0.4 is 5.32 Å². The second-order valence-electron chi connectivity index (χ2n) is 5.05. The summed E-state index contributed by atoms with van der Waals surface area (Å²) in [5.41, 5.74) is 1.15. The molecule has 0 saturated carbocycles. The average molecular weight is 258 g/mol. The Morgan fingerprint density at radius 3 is 3.00 bits per heavy atom. The van der Waals surface area contributed by atoms with E-state index >= 15 is 0 Å². The smallest absolute Gasteiger partial charge is 0.226 e. The Morgan fingerprint density at radius 2 is 2.21 bits per heavy atom. The lowest BCUT2D eigenvalue weighted by molar-refractivity contribution is 0.314. The van der Waals surface area contributed by atoms with Crippen molar-refractivity contribution in [2.45, 2.75) is 25.7 Å². The molecule has 1 saturated heterocycles. The van der Waals surface area contributed by atoms with Crippen LogP contribution in [0.5, 0.6) is 0 Å². The molecular weight excluding hydrogens is 240 g/mol. The monoisotopic (exact) mass is 258 g/mol. The number of aromatic nitrogens is 3. The molecule has 0 bridgehead atoms. The predicted octanol–water partition coefficient (Wildman–Crippen LogP) is 1.60. The Morgan fingerprint density at radius 1 is 1.32 bits per heavy atom. The van der Waals surface area contributed by atoms with E-state index in [9.17, 15) is 0 Å². The normalized spacial score (nSPS) is 19.5. The molecule has 19 heavy (non-hydrogen) atoms. The Labute approximate surface area is 112 Å². The lowest BCUT2D eigenvalue weighted by Gasteiger charge is -2.20. The molecule has 0 radical (unpaired) electrons. The van der Waals surface area contributed by atoms with Crippen molar-refractivity contribution in [2.75, 3.05) is 13.1 Å². The second kappa shape index (κ2) is 5.93. The molecule has 2 aromatic heterocycles. The van der Waals surface area contributed by atoms with Crippen LogP contribution in [0.2, 0.25) is 0 Å². The largest absolute Gasteiger partial charge is 0.339 e. The van der Waals surface area contributed by atoms with Crippen LogP contribution in [0.3, 0.4) is 0 Å². The quantitative estimate of drug-likeness (QED) is 0.902. The van der Waals surface area contributed by atoms with Gasteiger partial charge in [0.05, 0.1) is 0 Å². The molecular formula is C14H18N4O. The number of pyridine rings is 1. The first-order chi connectivity index (χ1) is 9.40. The summed E-state index contributed by atoms with van der Waals surface area (Å²) < 4.78 is 5.34. The second-order valence-corrected chi connectivity index (χ2v) is 5.05. The zero-order valence-corrected chi connectivity index (χ0v) is 10.9. The first kappa shape index (κ1) is 12.3. The zero-order valence-electron chi connectivity index (χ0n) is 10.9. The maximum Gasteiger partial charge on any atom is 0.226 e. The highest BCUT2D eigenvalue weighted by atomic mass is 16.5. The van der Waals surface area contributed by atoms with E-state index in [2.05, 4.69) is 20.4 Å². The van der Waals surface area contributed by atoms with Crippen LogP contribution in [-0.4, -0.2) is 28.2 Å². The molecule has 100 valence electrons. The van der Waals surface area contributed by atoms with Crippen molar-refractivity contribution >= 4 is 0 Å². The Hall–Kier alpha value is -1.75. The van der Waals surface area contributed by atoms with E-state index in [4.69, 9.17) is 4.52 Å². The van der Waals surface area contributed by atoms with Gasteiger partial charge < -0.3 is 9.84 Å². The summed E-state index contributed by atoms with van der Waals surface area (Å²) in [4.78, 5) is 8.47. The molecule has 1 fully saturated rings. The molecule has 5 nitrogen and oxygen atoms in total. The summed E-state index contributed by atoms with van der Waals surface area (Å²) in [7, 11) is 0. The third-order valence-electron chi connectivity index (χ3n) is 3.48. The van der Waals surface area contributed by atoms with Crippen molar-refractivity contribution in [1.82, 2.24) is 20.4 Å². The summed E-state index contributed by atoms with van der Waals surface area (Å²) in [5.74, 6) is 2.14. The van der Waals surface area contributed by atoms with Gasteiger partial charge in [-0.3, -0.25) is 4.98 Å². The van der Waals surface area contributed by atoms with Crippen LogP contribution in [0.15, 0.2) is 29.0 Å². The van der Waals surface area contributed by atoms with E-state index in [1.807, 2.05) is 12.1 Å². The first-order valence-electron chi connectivity index (χ1n) is 6.81. The molecule has 3 rings (SSSR count). The summed E-state index contributed by atoms with van der Waals surface area (Å²) in [6, 6.07) is 3.95. The fraction of sp³-hybridized carbons (Fsp3) is 0.500. The van der Waals surface area contributed by atoms with E-state index in [1.54, 1.807) is 12.4 Å². The van der Waals surface area contributed by atoms with E-state index in [0.717, 1.165) is 36.8 Å². The summed E-state index contributed by atoms with van der Waals surface area (Å²) in [6.07, 6.45) is 7.64. The lowest BCUT2D eigenvalue weighted by atomic mass is 9.96. The highest BCUT2D eigenvalue weighted by Gasteiger charge is 2.17. The maximum atomic E-state index is 5.34. The van der Waals surface area contributed by atoms with Crippen molar-refractivity contribution in [3.8, 4) is 0 Å². The fourth-order valence-electron chi connectivity index (χ4n) is 2.47. The average Bonchev–Trinajstić information content (AvgIpc) is 2.88. The van der Waals surface area contributed by atoms with Crippen LogP contribution in [0, 0.1) is 5.92 Å². The highest BCUT2D eigenvalue weighted by molar-refractivity contribution is 5.14. The van der Waals surface area contributed by atoms with Gasteiger partial charge in [-0.25, -0.2) is 0 Å². The van der Waals surface area contributed by atoms with Crippen LogP contribution >= 0.6 is 0 Å². The van der Waals surface area contributed by atoms with Gasteiger partial charge in [0.1, 0.15) is 0 Å². The van der Waals surface area contributed by atoms with Gasteiger partial charge in [0.25, 0.3) is 0 Å². The molecule has 1 N–H and O–H groups in total. The predicted molar refractivity (Wildman–Crippen MR) is 70.6 cm³/mol. The molecule has 0 amide bonds. The van der Waals surface area contributed by atoms with E-state index in [-0.39, 0.29) is 0 Å². The van der Waals surface area contributed by atoms with E-state index in [1.165, 1.54) is 12.8 Å². The van der Waals surface area contributed by atoms with Crippen molar-refractivity contribution < 1.29 is 4.52 Å². The van der Waals surface area contributed by atoms with Gasteiger partial charge in [-0.05, 0) is 49.5 Å². The van der Waals surface area contributed by atoms with Crippen molar-refractivity contribution in [2.24, 2.45) is 5.92 Å². The SMILES string of the molecule is c1cc(Cc2noc(CC3CCCNC3)n2)ccn1. The van der Waals surface area contributed by atoms with Crippen LogP contribution in [0.1, 0.15) is 30.1 Å². The van der Waals surface area contributed by atoms with Gasteiger partial charge in [-0.2, -0.15) is 4.98 Å². The van der Waals surface area contributed by atoms with Crippen LogP contribution in [0.25, 0.3) is 0 Å². The third kappa shape index (κ3) is 3.38. The minimum absolute atomic E-state index is 0.628. The van der Waals surface area contributed by atoms with Gasteiger partial charge >= 0.3 is 0 Å². The van der Waals surface area contributed by atoms with Gasteiger partial charge in [0.2, 0.25) is 5.89 Å². The van der Waals surface area contributed by atoms with Crippen molar-refractivity contribution in [3.63, 3.8) is 0 Å². The number of nitrogens with zero attached hydrogens (tertiary/aromatic N) is 3. The molecule has 0 aliphatic carbocycles. The first-order valence-corrected chi connectivity index (χ1v) is 6.81. The highest BCUT2D eigenvalue weighted by Crippen LogP contribution is 2.15. The van der Waals surface area contributed by atoms with Gasteiger partial charge in [0, 0.05) is 25.2 Å². The molecule has 3 heterocycles. The standard InChI is InChI=1S/C14H18N4O/c1-2-12(10-16-5-1)9-14-17-13(18-19-14)8-11-3-6-15-7-4-11/h3-4,6-7,12,16H,1-2,5,8-10H2. The molecule has 1 aliphatic rings. The van der Waals surface area contributed by atoms with E-state index < -0.39 is 0 Å².